The number of aryl methyl sites for hydroxylation is 2. The Balaban J connectivity index is 2.61. The van der Waals surface area contributed by atoms with Gasteiger partial charge in [0.15, 0.2) is 5.82 Å². The second-order valence-corrected chi connectivity index (χ2v) is 4.34. The van der Waals surface area contributed by atoms with Crippen LogP contribution in [0.25, 0.3) is 11.4 Å². The Morgan fingerprint density at radius 3 is 2.50 bits per heavy atom. The van der Waals surface area contributed by atoms with E-state index in [-0.39, 0.29) is 0 Å². The van der Waals surface area contributed by atoms with E-state index in [9.17, 15) is 0 Å². The van der Waals surface area contributed by atoms with Gasteiger partial charge in [0.25, 0.3) is 0 Å². The molecule has 0 amide bonds. The predicted octanol–water partition coefficient (Wildman–Crippen LogP) is 2.10. The van der Waals surface area contributed by atoms with E-state index in [0.29, 0.717) is 0 Å². The zero-order valence-electron chi connectivity index (χ0n) is 11.6. The second kappa shape index (κ2) is 4.76. The van der Waals surface area contributed by atoms with Gasteiger partial charge in [0.1, 0.15) is 5.82 Å². The van der Waals surface area contributed by atoms with E-state index >= 15 is 0 Å². The van der Waals surface area contributed by atoms with Crippen molar-refractivity contribution in [1.82, 2.24) is 19.7 Å². The normalized spacial score (nSPS) is 10.7. The van der Waals surface area contributed by atoms with Crippen LogP contribution >= 0.6 is 0 Å². The van der Waals surface area contributed by atoms with E-state index < -0.39 is 0 Å². The van der Waals surface area contributed by atoms with Crippen molar-refractivity contribution >= 4 is 5.82 Å². The van der Waals surface area contributed by atoms with Gasteiger partial charge < -0.3 is 5.32 Å². The number of hydrogen-bond acceptors (Lipinski definition) is 4. The summed E-state index contributed by atoms with van der Waals surface area (Å²) in [6, 6.07) is 0. The smallest absolute Gasteiger partial charge is 0.165 e. The first-order chi connectivity index (χ1) is 8.58. The fourth-order valence-corrected chi connectivity index (χ4v) is 1.99. The average Bonchev–Trinajstić information content (AvgIpc) is 2.70. The van der Waals surface area contributed by atoms with Crippen LogP contribution in [-0.2, 0) is 13.5 Å². The number of nitrogens with zero attached hydrogens (tertiary/aromatic N) is 4. The molecule has 2 aromatic rings. The van der Waals surface area contributed by atoms with Gasteiger partial charge in [-0.3, -0.25) is 4.68 Å². The molecule has 1 N–H and O–H groups in total. The Morgan fingerprint density at radius 1 is 1.28 bits per heavy atom. The van der Waals surface area contributed by atoms with Crippen molar-refractivity contribution < 1.29 is 0 Å². The van der Waals surface area contributed by atoms with Crippen LogP contribution in [-0.4, -0.2) is 26.8 Å². The average molecular weight is 245 g/mol. The SMILES string of the molecule is CCc1nc(-c2cnn(C)c2C)nc(NC)c1C. The molecule has 0 aliphatic carbocycles. The van der Waals surface area contributed by atoms with Crippen molar-refractivity contribution in [1.29, 1.82) is 0 Å². The van der Waals surface area contributed by atoms with Crippen LogP contribution in [0.4, 0.5) is 5.82 Å². The van der Waals surface area contributed by atoms with E-state index in [1.54, 1.807) is 0 Å². The first-order valence-electron chi connectivity index (χ1n) is 6.12. The lowest BCUT2D eigenvalue weighted by molar-refractivity contribution is 0.740. The largest absolute Gasteiger partial charge is 0.373 e. The van der Waals surface area contributed by atoms with Crippen LogP contribution in [0.15, 0.2) is 6.20 Å². The van der Waals surface area contributed by atoms with Crippen molar-refractivity contribution in [3.8, 4) is 11.4 Å². The molecule has 5 heteroatoms. The first-order valence-corrected chi connectivity index (χ1v) is 6.12. The molecule has 0 atom stereocenters. The molecule has 0 fully saturated rings. The molecule has 96 valence electrons. The number of hydrogen-bond donors (Lipinski definition) is 1. The summed E-state index contributed by atoms with van der Waals surface area (Å²) in [5.41, 5.74) is 4.25. The molecule has 0 saturated heterocycles. The molecule has 0 aliphatic heterocycles. The van der Waals surface area contributed by atoms with Gasteiger partial charge in [0, 0.05) is 31.0 Å². The monoisotopic (exact) mass is 245 g/mol. The van der Waals surface area contributed by atoms with Gasteiger partial charge in [-0.15, -0.1) is 0 Å². The van der Waals surface area contributed by atoms with Crippen LogP contribution in [0.2, 0.25) is 0 Å². The molecule has 0 saturated carbocycles. The number of anilines is 1. The van der Waals surface area contributed by atoms with Crippen LogP contribution < -0.4 is 5.32 Å². The third-order valence-electron chi connectivity index (χ3n) is 3.29. The highest BCUT2D eigenvalue weighted by Crippen LogP contribution is 2.24. The molecule has 0 bridgehead atoms. The molecule has 0 unspecified atom stereocenters. The minimum absolute atomic E-state index is 0.743. The lowest BCUT2D eigenvalue weighted by Crippen LogP contribution is -2.05. The molecule has 0 aromatic carbocycles. The summed E-state index contributed by atoms with van der Waals surface area (Å²) in [5, 5.41) is 7.37. The standard InChI is InChI=1S/C13H19N5/c1-6-11-8(2)12(14-4)17-13(16-11)10-7-15-18(5)9(10)3/h7H,6H2,1-5H3,(H,14,16,17). The Kier molecular flexibility index (Phi) is 3.32. The molecule has 0 aliphatic rings. The maximum atomic E-state index is 4.64. The summed E-state index contributed by atoms with van der Waals surface area (Å²) >= 11 is 0. The maximum absolute atomic E-state index is 4.64. The molecule has 2 aromatic heterocycles. The van der Waals surface area contributed by atoms with Gasteiger partial charge in [-0.05, 0) is 20.3 Å². The highest BCUT2D eigenvalue weighted by atomic mass is 15.3. The maximum Gasteiger partial charge on any atom is 0.165 e. The van der Waals surface area contributed by atoms with Crippen LogP contribution in [0.5, 0.6) is 0 Å². The molecule has 0 spiro atoms. The van der Waals surface area contributed by atoms with E-state index in [2.05, 4.69) is 27.3 Å². The first kappa shape index (κ1) is 12.5. The Bertz CT molecular complexity index is 546. The van der Waals surface area contributed by atoms with Gasteiger partial charge >= 0.3 is 0 Å². The fourth-order valence-electron chi connectivity index (χ4n) is 1.99. The quantitative estimate of drug-likeness (QED) is 0.899. The van der Waals surface area contributed by atoms with E-state index in [1.807, 2.05) is 38.8 Å². The van der Waals surface area contributed by atoms with E-state index in [4.69, 9.17) is 0 Å². The van der Waals surface area contributed by atoms with Gasteiger partial charge in [-0.1, -0.05) is 6.92 Å². The molecule has 18 heavy (non-hydrogen) atoms. The predicted molar refractivity (Wildman–Crippen MR) is 72.6 cm³/mol. The van der Waals surface area contributed by atoms with Gasteiger partial charge in [0.2, 0.25) is 0 Å². The van der Waals surface area contributed by atoms with Crippen molar-refractivity contribution in [2.45, 2.75) is 27.2 Å². The van der Waals surface area contributed by atoms with Crippen LogP contribution in [0, 0.1) is 13.8 Å². The summed E-state index contributed by atoms with van der Waals surface area (Å²) in [5.74, 6) is 1.63. The zero-order valence-corrected chi connectivity index (χ0v) is 11.6. The van der Waals surface area contributed by atoms with E-state index in [0.717, 1.165) is 40.6 Å². The summed E-state index contributed by atoms with van der Waals surface area (Å²) < 4.78 is 1.84. The topological polar surface area (TPSA) is 55.6 Å². The van der Waals surface area contributed by atoms with Crippen LogP contribution in [0.1, 0.15) is 23.9 Å². The number of rotatable bonds is 3. The molecule has 2 rings (SSSR count). The molecule has 5 nitrogen and oxygen atoms in total. The van der Waals surface area contributed by atoms with Crippen molar-refractivity contribution in [3.05, 3.63) is 23.1 Å². The third-order valence-corrected chi connectivity index (χ3v) is 3.29. The van der Waals surface area contributed by atoms with Crippen LogP contribution in [0.3, 0.4) is 0 Å². The second-order valence-electron chi connectivity index (χ2n) is 4.34. The van der Waals surface area contributed by atoms with Gasteiger partial charge in [0.05, 0.1) is 11.8 Å². The summed E-state index contributed by atoms with van der Waals surface area (Å²) in [4.78, 5) is 9.21. The Hall–Kier alpha value is -1.91. The lowest BCUT2D eigenvalue weighted by atomic mass is 10.1. The van der Waals surface area contributed by atoms with Gasteiger partial charge in [-0.2, -0.15) is 5.10 Å². The number of nitrogens with one attached hydrogen (secondary N) is 1. The zero-order chi connectivity index (χ0) is 13.3. The Labute approximate surface area is 107 Å². The lowest BCUT2D eigenvalue weighted by Gasteiger charge is -2.10. The summed E-state index contributed by atoms with van der Waals surface area (Å²) in [7, 11) is 3.81. The Morgan fingerprint density at radius 2 is 2.00 bits per heavy atom. The third kappa shape index (κ3) is 1.96. The minimum atomic E-state index is 0.743. The molecular weight excluding hydrogens is 226 g/mol. The summed E-state index contributed by atoms with van der Waals surface area (Å²) in [6.07, 6.45) is 2.72. The van der Waals surface area contributed by atoms with Gasteiger partial charge in [-0.25, -0.2) is 9.97 Å². The van der Waals surface area contributed by atoms with E-state index in [1.165, 1.54) is 0 Å². The molecule has 0 radical (unpaired) electrons. The highest BCUT2D eigenvalue weighted by molar-refractivity contribution is 5.61. The molecule has 2 heterocycles. The number of aromatic nitrogens is 4. The minimum Gasteiger partial charge on any atom is -0.373 e. The fraction of sp³-hybridized carbons (Fsp3) is 0.462. The molecular formula is C13H19N5. The summed E-state index contributed by atoms with van der Waals surface area (Å²) in [6.45, 7) is 6.18. The van der Waals surface area contributed by atoms with Crippen molar-refractivity contribution in [3.63, 3.8) is 0 Å². The van der Waals surface area contributed by atoms with Crippen molar-refractivity contribution in [2.24, 2.45) is 7.05 Å². The highest BCUT2D eigenvalue weighted by Gasteiger charge is 2.14. The van der Waals surface area contributed by atoms with Crippen molar-refractivity contribution in [2.75, 3.05) is 12.4 Å².